The highest BCUT2D eigenvalue weighted by Crippen LogP contribution is 2.19. The van der Waals surface area contributed by atoms with E-state index >= 15 is 0 Å². The van der Waals surface area contributed by atoms with Crippen LogP contribution in [0.4, 0.5) is 0 Å². The van der Waals surface area contributed by atoms with Crippen LogP contribution in [0.25, 0.3) is 0 Å². The van der Waals surface area contributed by atoms with E-state index in [9.17, 15) is 0 Å². The van der Waals surface area contributed by atoms with Crippen molar-refractivity contribution in [3.05, 3.63) is 0 Å². The summed E-state index contributed by atoms with van der Waals surface area (Å²) in [6.45, 7) is 6.76. The normalized spacial score (nSPS) is 15.7. The lowest BCUT2D eigenvalue weighted by molar-refractivity contribution is 0.207. The molecule has 0 aromatic heterocycles. The van der Waals surface area contributed by atoms with Crippen LogP contribution in [-0.4, -0.2) is 31.6 Å². The molecule has 0 aromatic rings. The minimum atomic E-state index is 0.214. The van der Waals surface area contributed by atoms with E-state index in [1.54, 1.807) is 0 Å². The average Bonchev–Trinajstić information content (AvgIpc) is 2.05. The summed E-state index contributed by atoms with van der Waals surface area (Å²) in [6, 6.07) is 0. The molecule has 70 valence electrons. The Morgan fingerprint density at radius 3 is 2.50 bits per heavy atom. The Morgan fingerprint density at radius 1 is 1.58 bits per heavy atom. The lowest BCUT2D eigenvalue weighted by atomic mass is 9.87. The molecule has 0 rings (SSSR count). The molecule has 2 heteroatoms. The molecular formula is C10H20N2. The molecule has 1 unspecified atom stereocenters. The fraction of sp³-hybridized carbons (Fsp3) is 0.800. The van der Waals surface area contributed by atoms with Crippen molar-refractivity contribution in [3.8, 4) is 12.3 Å². The van der Waals surface area contributed by atoms with Gasteiger partial charge >= 0.3 is 0 Å². The fourth-order valence-electron chi connectivity index (χ4n) is 1.18. The molecule has 0 aliphatic heterocycles. The van der Waals surface area contributed by atoms with Crippen molar-refractivity contribution in [1.82, 2.24) is 4.90 Å². The van der Waals surface area contributed by atoms with E-state index in [2.05, 4.69) is 24.7 Å². The van der Waals surface area contributed by atoms with Crippen LogP contribution < -0.4 is 5.73 Å². The van der Waals surface area contributed by atoms with Gasteiger partial charge in [0, 0.05) is 6.54 Å². The van der Waals surface area contributed by atoms with Gasteiger partial charge in [-0.1, -0.05) is 19.8 Å². The Balaban J connectivity index is 3.95. The predicted molar refractivity (Wildman–Crippen MR) is 53.8 cm³/mol. The first kappa shape index (κ1) is 11.5. The van der Waals surface area contributed by atoms with Gasteiger partial charge in [0.05, 0.1) is 6.54 Å². The van der Waals surface area contributed by atoms with Gasteiger partial charge in [-0.05, 0) is 25.4 Å². The maximum Gasteiger partial charge on any atom is 0.0596 e. The van der Waals surface area contributed by atoms with Crippen LogP contribution in [0.5, 0.6) is 0 Å². The summed E-state index contributed by atoms with van der Waals surface area (Å²) < 4.78 is 0. The molecule has 12 heavy (non-hydrogen) atoms. The maximum absolute atomic E-state index is 5.68. The summed E-state index contributed by atoms with van der Waals surface area (Å²) in [5.41, 5.74) is 5.90. The van der Waals surface area contributed by atoms with Crippen molar-refractivity contribution in [2.24, 2.45) is 11.1 Å². The lowest BCUT2D eigenvalue weighted by Gasteiger charge is -2.30. The highest BCUT2D eigenvalue weighted by molar-refractivity contribution is 4.89. The molecule has 0 aliphatic carbocycles. The van der Waals surface area contributed by atoms with Crippen molar-refractivity contribution < 1.29 is 0 Å². The van der Waals surface area contributed by atoms with Crippen molar-refractivity contribution in [3.63, 3.8) is 0 Å². The Bertz CT molecular complexity index is 154. The number of hydrogen-bond acceptors (Lipinski definition) is 2. The molecule has 0 fully saturated rings. The molecule has 0 saturated heterocycles. The average molecular weight is 168 g/mol. The number of terminal acetylenes is 1. The summed E-state index contributed by atoms with van der Waals surface area (Å²) in [5.74, 6) is 2.62. The highest BCUT2D eigenvalue weighted by Gasteiger charge is 2.21. The molecule has 2 nitrogen and oxygen atoms in total. The van der Waals surface area contributed by atoms with Crippen LogP contribution in [0.3, 0.4) is 0 Å². The Morgan fingerprint density at radius 2 is 2.17 bits per heavy atom. The lowest BCUT2D eigenvalue weighted by Crippen LogP contribution is -2.38. The Kier molecular flexibility index (Phi) is 4.96. The van der Waals surface area contributed by atoms with Gasteiger partial charge in [-0.25, -0.2) is 0 Å². The van der Waals surface area contributed by atoms with Crippen LogP contribution in [0.2, 0.25) is 0 Å². The fourth-order valence-corrected chi connectivity index (χ4v) is 1.18. The minimum Gasteiger partial charge on any atom is -0.330 e. The second kappa shape index (κ2) is 5.18. The van der Waals surface area contributed by atoms with E-state index in [4.69, 9.17) is 12.2 Å². The molecule has 0 spiro atoms. The first-order valence-corrected chi connectivity index (χ1v) is 4.40. The Labute approximate surface area is 76.1 Å². The third kappa shape index (κ3) is 3.75. The van der Waals surface area contributed by atoms with Gasteiger partial charge in [0.1, 0.15) is 0 Å². The van der Waals surface area contributed by atoms with Gasteiger partial charge in [-0.15, -0.1) is 6.42 Å². The van der Waals surface area contributed by atoms with E-state index in [1.807, 2.05) is 7.05 Å². The van der Waals surface area contributed by atoms with E-state index in [-0.39, 0.29) is 5.41 Å². The van der Waals surface area contributed by atoms with Crippen molar-refractivity contribution in [2.45, 2.75) is 20.3 Å². The number of hydrogen-bond donors (Lipinski definition) is 1. The zero-order valence-electron chi connectivity index (χ0n) is 8.43. The van der Waals surface area contributed by atoms with Gasteiger partial charge in [0.25, 0.3) is 0 Å². The summed E-state index contributed by atoms with van der Waals surface area (Å²) in [7, 11) is 2.03. The van der Waals surface area contributed by atoms with Crippen molar-refractivity contribution in [2.75, 3.05) is 26.7 Å². The molecule has 0 amide bonds. The second-order valence-corrected chi connectivity index (χ2v) is 3.74. The number of nitrogens with two attached hydrogens (primary N) is 1. The van der Waals surface area contributed by atoms with Gasteiger partial charge in [-0.2, -0.15) is 0 Å². The summed E-state index contributed by atoms with van der Waals surface area (Å²) in [4.78, 5) is 2.14. The molecule has 0 heterocycles. The first-order valence-electron chi connectivity index (χ1n) is 4.40. The zero-order valence-corrected chi connectivity index (χ0v) is 8.43. The highest BCUT2D eigenvalue weighted by atomic mass is 15.1. The molecule has 0 radical (unpaired) electrons. The van der Waals surface area contributed by atoms with Crippen LogP contribution >= 0.6 is 0 Å². The third-order valence-electron chi connectivity index (χ3n) is 2.36. The molecule has 0 aliphatic rings. The molecule has 2 N–H and O–H groups in total. The minimum absolute atomic E-state index is 0.214. The van der Waals surface area contributed by atoms with Crippen LogP contribution in [0.1, 0.15) is 20.3 Å². The topological polar surface area (TPSA) is 29.3 Å². The van der Waals surface area contributed by atoms with Crippen LogP contribution in [-0.2, 0) is 0 Å². The monoisotopic (exact) mass is 168 g/mol. The molecule has 1 atom stereocenters. The summed E-state index contributed by atoms with van der Waals surface area (Å²) in [6.07, 6.45) is 6.30. The van der Waals surface area contributed by atoms with E-state index < -0.39 is 0 Å². The van der Waals surface area contributed by atoms with Gasteiger partial charge in [-0.3, -0.25) is 4.90 Å². The van der Waals surface area contributed by atoms with E-state index in [0.717, 1.165) is 19.5 Å². The van der Waals surface area contributed by atoms with E-state index in [0.29, 0.717) is 6.54 Å². The first-order chi connectivity index (χ1) is 5.58. The summed E-state index contributed by atoms with van der Waals surface area (Å²) >= 11 is 0. The van der Waals surface area contributed by atoms with Crippen LogP contribution in [0.15, 0.2) is 0 Å². The Hall–Kier alpha value is -0.520. The summed E-state index contributed by atoms with van der Waals surface area (Å²) in [5, 5.41) is 0. The van der Waals surface area contributed by atoms with Crippen molar-refractivity contribution in [1.29, 1.82) is 0 Å². The molecular weight excluding hydrogens is 148 g/mol. The van der Waals surface area contributed by atoms with Crippen LogP contribution in [0, 0.1) is 17.8 Å². The molecule has 0 saturated carbocycles. The SMILES string of the molecule is C#CCN(C)CC(C)(CC)CN. The smallest absolute Gasteiger partial charge is 0.0596 e. The van der Waals surface area contributed by atoms with Gasteiger partial charge in [0.15, 0.2) is 0 Å². The molecule has 0 aromatic carbocycles. The van der Waals surface area contributed by atoms with E-state index in [1.165, 1.54) is 0 Å². The predicted octanol–water partition coefficient (Wildman–Crippen LogP) is 0.926. The second-order valence-electron chi connectivity index (χ2n) is 3.74. The van der Waals surface area contributed by atoms with Gasteiger partial charge < -0.3 is 5.73 Å². The zero-order chi connectivity index (χ0) is 9.61. The molecule has 0 bridgehead atoms. The quantitative estimate of drug-likeness (QED) is 0.619. The third-order valence-corrected chi connectivity index (χ3v) is 2.36. The number of nitrogens with zero attached hydrogens (tertiary/aromatic N) is 1. The van der Waals surface area contributed by atoms with Crippen molar-refractivity contribution >= 4 is 0 Å². The largest absolute Gasteiger partial charge is 0.330 e. The number of rotatable bonds is 5. The van der Waals surface area contributed by atoms with Gasteiger partial charge in [0.2, 0.25) is 0 Å². The standard InChI is InChI=1S/C10H20N2/c1-5-7-12(4)9-10(3,6-2)8-11/h1H,6-9,11H2,2-4H3. The maximum atomic E-state index is 5.68.